The van der Waals surface area contributed by atoms with Gasteiger partial charge in [-0.1, -0.05) is 26.1 Å². The van der Waals surface area contributed by atoms with E-state index >= 15 is 0 Å². The Balaban J connectivity index is 5.23. The van der Waals surface area contributed by atoms with Crippen LogP contribution in [0.3, 0.4) is 0 Å². The van der Waals surface area contributed by atoms with Crippen molar-refractivity contribution in [2.75, 3.05) is 33.4 Å². The van der Waals surface area contributed by atoms with Gasteiger partial charge in [0.05, 0.1) is 23.6 Å². The minimum atomic E-state index is -0.921. The van der Waals surface area contributed by atoms with Gasteiger partial charge in [-0.15, -0.1) is 0 Å². The van der Waals surface area contributed by atoms with Gasteiger partial charge in [0.25, 0.3) is 0 Å². The Morgan fingerprint density at radius 2 is 1.81 bits per heavy atom. The summed E-state index contributed by atoms with van der Waals surface area (Å²) >= 11 is 5.08. The number of methoxy groups -OCH3 is 1. The lowest BCUT2D eigenvalue weighted by atomic mass is 9.80. The first-order valence-corrected chi connectivity index (χ1v) is 7.54. The van der Waals surface area contributed by atoms with E-state index in [-0.39, 0.29) is 24.0 Å². The molecule has 0 unspecified atom stereocenters. The Morgan fingerprint density at radius 1 is 1.24 bits per heavy atom. The molecule has 0 spiro atoms. The summed E-state index contributed by atoms with van der Waals surface area (Å²) in [6.07, 6.45) is 0.980. The molecule has 0 rings (SSSR count). The summed E-state index contributed by atoms with van der Waals surface area (Å²) in [5, 5.41) is 0. The largest absolute Gasteiger partial charge is 0.465 e. The first-order valence-electron chi connectivity index (χ1n) is 7.13. The summed E-state index contributed by atoms with van der Waals surface area (Å²) in [4.78, 5) is 26.0. The Hall–Kier alpha value is -1.21. The summed E-state index contributed by atoms with van der Waals surface area (Å²) in [6, 6.07) is 0. The third-order valence-electron chi connectivity index (χ3n) is 3.57. The van der Waals surface area contributed by atoms with Crippen molar-refractivity contribution in [1.82, 2.24) is 4.90 Å². The van der Waals surface area contributed by atoms with Crippen molar-refractivity contribution in [1.29, 1.82) is 0 Å². The van der Waals surface area contributed by atoms with Crippen LogP contribution >= 0.6 is 12.2 Å². The number of carbonyl (C=O) groups excluding carboxylic acids is 2. The Bertz CT molecular complexity index is 370. The number of carbonyl (C=O) groups is 2. The number of hydrogen-bond acceptors (Lipinski definition) is 5. The number of nitrogens with zero attached hydrogens (tertiary/aromatic N) is 1. The number of nitrogens with two attached hydrogens (primary N) is 1. The van der Waals surface area contributed by atoms with Crippen molar-refractivity contribution in [3.05, 3.63) is 0 Å². The van der Waals surface area contributed by atoms with Crippen molar-refractivity contribution in [2.24, 2.45) is 11.1 Å². The lowest BCUT2D eigenvalue weighted by Gasteiger charge is -2.34. The number of esters is 1. The van der Waals surface area contributed by atoms with Gasteiger partial charge in [0.2, 0.25) is 5.91 Å². The van der Waals surface area contributed by atoms with Gasteiger partial charge >= 0.3 is 5.97 Å². The second-order valence-electron chi connectivity index (χ2n) is 4.68. The van der Waals surface area contributed by atoms with E-state index in [0.717, 1.165) is 0 Å². The van der Waals surface area contributed by atoms with Crippen LogP contribution in [0.1, 0.15) is 33.6 Å². The molecule has 0 aliphatic rings. The molecule has 2 N–H and O–H groups in total. The summed E-state index contributed by atoms with van der Waals surface area (Å²) in [6.45, 7) is 6.20. The molecule has 0 saturated carbocycles. The van der Waals surface area contributed by atoms with Gasteiger partial charge in [-0.2, -0.15) is 0 Å². The van der Waals surface area contributed by atoms with Crippen molar-refractivity contribution in [3.8, 4) is 0 Å². The standard InChI is InChI=1S/C14H26N2O4S/c1-5-14(6-2,12(15)21)13(18)16(8-9-19-4)10-11(17)20-7-3/h5-10H2,1-4H3,(H2,15,21). The Labute approximate surface area is 131 Å². The van der Waals surface area contributed by atoms with Crippen molar-refractivity contribution < 1.29 is 19.1 Å². The molecule has 21 heavy (non-hydrogen) atoms. The number of thiocarbonyl (C=S) groups is 1. The zero-order chi connectivity index (χ0) is 16.5. The van der Waals surface area contributed by atoms with E-state index in [4.69, 9.17) is 27.4 Å². The molecule has 0 saturated heterocycles. The van der Waals surface area contributed by atoms with E-state index in [2.05, 4.69) is 0 Å². The van der Waals surface area contributed by atoms with Gasteiger partial charge in [0.1, 0.15) is 6.54 Å². The highest BCUT2D eigenvalue weighted by atomic mass is 32.1. The fraction of sp³-hybridized carbons (Fsp3) is 0.786. The van der Waals surface area contributed by atoms with E-state index < -0.39 is 11.4 Å². The SMILES string of the molecule is CCOC(=O)CN(CCOC)C(=O)C(CC)(CC)C(N)=S. The van der Waals surface area contributed by atoms with E-state index in [0.29, 0.717) is 26.0 Å². The van der Waals surface area contributed by atoms with Crippen molar-refractivity contribution in [3.63, 3.8) is 0 Å². The predicted octanol–water partition coefficient (Wildman–Crippen LogP) is 1.12. The molecule has 0 aromatic carbocycles. The van der Waals surface area contributed by atoms with E-state index in [1.807, 2.05) is 13.8 Å². The molecule has 0 atom stereocenters. The molecule has 0 aromatic heterocycles. The van der Waals surface area contributed by atoms with Crippen LogP contribution in [0.25, 0.3) is 0 Å². The first-order chi connectivity index (χ1) is 9.89. The average Bonchev–Trinajstić information content (AvgIpc) is 2.45. The minimum Gasteiger partial charge on any atom is -0.465 e. The molecular weight excluding hydrogens is 292 g/mol. The zero-order valence-electron chi connectivity index (χ0n) is 13.3. The molecule has 0 aliphatic carbocycles. The quantitative estimate of drug-likeness (QED) is 0.480. The fourth-order valence-corrected chi connectivity index (χ4v) is 2.50. The van der Waals surface area contributed by atoms with E-state index in [1.54, 1.807) is 6.92 Å². The van der Waals surface area contributed by atoms with Crippen LogP contribution in [0, 0.1) is 5.41 Å². The summed E-state index contributed by atoms with van der Waals surface area (Å²) < 4.78 is 9.90. The van der Waals surface area contributed by atoms with Crippen LogP contribution in [0.5, 0.6) is 0 Å². The molecule has 0 radical (unpaired) electrons. The molecule has 6 nitrogen and oxygen atoms in total. The predicted molar refractivity (Wildman–Crippen MR) is 84.9 cm³/mol. The van der Waals surface area contributed by atoms with Crippen LogP contribution in [0.15, 0.2) is 0 Å². The summed E-state index contributed by atoms with van der Waals surface area (Å²) in [5.74, 6) is -0.698. The zero-order valence-corrected chi connectivity index (χ0v) is 14.1. The van der Waals surface area contributed by atoms with Gasteiger partial charge < -0.3 is 20.1 Å². The molecule has 1 amide bonds. The summed E-state index contributed by atoms with van der Waals surface area (Å²) in [7, 11) is 1.54. The average molecular weight is 318 g/mol. The second-order valence-corrected chi connectivity index (χ2v) is 5.12. The lowest BCUT2D eigenvalue weighted by molar-refractivity contribution is -0.152. The van der Waals surface area contributed by atoms with Crippen LogP contribution in [-0.4, -0.2) is 55.2 Å². The first kappa shape index (κ1) is 19.8. The minimum absolute atomic E-state index is 0.125. The van der Waals surface area contributed by atoms with Gasteiger partial charge in [-0.3, -0.25) is 9.59 Å². The van der Waals surface area contributed by atoms with Crippen molar-refractivity contribution in [2.45, 2.75) is 33.6 Å². The topological polar surface area (TPSA) is 81.9 Å². The van der Waals surface area contributed by atoms with Gasteiger partial charge in [-0.25, -0.2) is 0 Å². The van der Waals surface area contributed by atoms with Gasteiger partial charge in [-0.05, 0) is 19.8 Å². The molecule has 0 bridgehead atoms. The number of ether oxygens (including phenoxy) is 2. The normalized spacial score (nSPS) is 11.0. The lowest BCUT2D eigenvalue weighted by Crippen LogP contribution is -2.52. The monoisotopic (exact) mass is 318 g/mol. The number of hydrogen-bond donors (Lipinski definition) is 1. The van der Waals surface area contributed by atoms with Gasteiger partial charge in [0, 0.05) is 13.7 Å². The maximum absolute atomic E-state index is 12.8. The van der Waals surface area contributed by atoms with E-state index in [9.17, 15) is 9.59 Å². The van der Waals surface area contributed by atoms with Crippen LogP contribution < -0.4 is 5.73 Å². The third-order valence-corrected chi connectivity index (χ3v) is 3.96. The van der Waals surface area contributed by atoms with Gasteiger partial charge in [0.15, 0.2) is 0 Å². The molecular formula is C14H26N2O4S. The summed E-state index contributed by atoms with van der Waals surface area (Å²) in [5.41, 5.74) is 4.87. The molecule has 0 heterocycles. The maximum atomic E-state index is 12.8. The highest BCUT2D eigenvalue weighted by Gasteiger charge is 2.41. The molecule has 7 heteroatoms. The Morgan fingerprint density at radius 3 is 2.19 bits per heavy atom. The highest BCUT2D eigenvalue weighted by Crippen LogP contribution is 2.29. The molecule has 0 aliphatic heterocycles. The van der Waals surface area contributed by atoms with Crippen molar-refractivity contribution >= 4 is 29.1 Å². The van der Waals surface area contributed by atoms with E-state index in [1.165, 1.54) is 12.0 Å². The number of amides is 1. The second kappa shape index (κ2) is 9.68. The molecule has 0 fully saturated rings. The third kappa shape index (κ3) is 5.24. The molecule has 122 valence electrons. The van der Waals surface area contributed by atoms with Crippen LogP contribution in [0.2, 0.25) is 0 Å². The van der Waals surface area contributed by atoms with Crippen LogP contribution in [-0.2, 0) is 19.1 Å². The number of rotatable bonds is 10. The van der Waals surface area contributed by atoms with Crippen LogP contribution in [0.4, 0.5) is 0 Å². The maximum Gasteiger partial charge on any atom is 0.325 e. The fourth-order valence-electron chi connectivity index (χ4n) is 2.13. The highest BCUT2D eigenvalue weighted by molar-refractivity contribution is 7.80. The Kier molecular flexibility index (Phi) is 9.12. The smallest absolute Gasteiger partial charge is 0.325 e. The molecule has 0 aromatic rings.